The molecule has 0 saturated carbocycles. The third-order valence-electron chi connectivity index (χ3n) is 3.37. The molecule has 2 aromatic carbocycles. The number of fused-ring (bicyclic) bond motifs is 1. The van der Waals surface area contributed by atoms with Gasteiger partial charge in [-0.15, -0.1) is 0 Å². The minimum Gasteiger partial charge on any atom is -0.496 e. The van der Waals surface area contributed by atoms with Gasteiger partial charge in [-0.1, -0.05) is 29.5 Å². The summed E-state index contributed by atoms with van der Waals surface area (Å²) in [4.78, 5) is 16.7. The van der Waals surface area contributed by atoms with E-state index < -0.39 is 5.91 Å². The quantitative estimate of drug-likeness (QED) is 0.500. The Bertz CT molecular complexity index is 988. The molecule has 7 heteroatoms. The predicted octanol–water partition coefficient (Wildman–Crippen LogP) is 4.61. The van der Waals surface area contributed by atoms with Crippen molar-refractivity contribution in [3.63, 3.8) is 0 Å². The van der Waals surface area contributed by atoms with Crippen molar-refractivity contribution < 1.29 is 9.53 Å². The summed E-state index contributed by atoms with van der Waals surface area (Å²) in [6, 6.07) is 14.8. The molecule has 1 amide bonds. The number of ether oxygens (including phenoxy) is 1. The van der Waals surface area contributed by atoms with E-state index in [0.29, 0.717) is 16.4 Å². The molecule has 0 atom stereocenters. The highest BCUT2D eigenvalue weighted by molar-refractivity contribution is 9.10. The Labute approximate surface area is 156 Å². The van der Waals surface area contributed by atoms with Gasteiger partial charge in [-0.2, -0.15) is 5.26 Å². The number of methoxy groups -OCH3 is 1. The fourth-order valence-electron chi connectivity index (χ4n) is 2.18. The van der Waals surface area contributed by atoms with Gasteiger partial charge < -0.3 is 4.74 Å². The molecular formula is C18H12BrN3O2S. The number of rotatable bonds is 4. The second-order valence-electron chi connectivity index (χ2n) is 5.00. The molecule has 25 heavy (non-hydrogen) atoms. The SMILES string of the molecule is COc1ccc(C=C(C#N)C(=O)Nc2nc3ccccc3s2)cc1Br. The molecule has 1 N–H and O–H groups in total. The molecule has 1 heterocycles. The topological polar surface area (TPSA) is 75.0 Å². The molecule has 0 fully saturated rings. The van der Waals surface area contributed by atoms with Crippen LogP contribution < -0.4 is 10.1 Å². The Morgan fingerprint density at radius 2 is 2.16 bits per heavy atom. The van der Waals surface area contributed by atoms with Gasteiger partial charge in [-0.25, -0.2) is 4.98 Å². The lowest BCUT2D eigenvalue weighted by Crippen LogP contribution is -2.13. The first-order valence-corrected chi connectivity index (χ1v) is 8.84. The van der Waals surface area contributed by atoms with Crippen molar-refractivity contribution >= 4 is 54.6 Å². The normalized spacial score (nSPS) is 11.2. The molecular weight excluding hydrogens is 402 g/mol. The molecule has 0 spiro atoms. The van der Waals surface area contributed by atoms with Crippen LogP contribution in [0.25, 0.3) is 16.3 Å². The van der Waals surface area contributed by atoms with Crippen LogP contribution in [0.3, 0.4) is 0 Å². The number of benzene rings is 2. The minimum atomic E-state index is -0.492. The molecule has 5 nitrogen and oxygen atoms in total. The molecule has 0 unspecified atom stereocenters. The predicted molar refractivity (Wildman–Crippen MR) is 103 cm³/mol. The van der Waals surface area contributed by atoms with E-state index >= 15 is 0 Å². The van der Waals surface area contributed by atoms with Gasteiger partial charge >= 0.3 is 0 Å². The second kappa shape index (κ2) is 7.47. The summed E-state index contributed by atoms with van der Waals surface area (Å²) in [6.45, 7) is 0. The van der Waals surface area contributed by atoms with Gasteiger partial charge in [-0.05, 0) is 51.8 Å². The standard InChI is InChI=1S/C18H12BrN3O2S/c1-24-15-7-6-11(9-13(15)19)8-12(10-20)17(23)22-18-21-14-4-2-3-5-16(14)25-18/h2-9H,1H3,(H,21,22,23). The maximum absolute atomic E-state index is 12.4. The average molecular weight is 414 g/mol. The number of hydrogen-bond acceptors (Lipinski definition) is 5. The lowest BCUT2D eigenvalue weighted by Gasteiger charge is -2.04. The van der Waals surface area contributed by atoms with Gasteiger partial charge in [0.15, 0.2) is 5.13 Å². The molecule has 0 radical (unpaired) electrons. The maximum atomic E-state index is 12.4. The van der Waals surface area contributed by atoms with Crippen LogP contribution in [-0.4, -0.2) is 18.0 Å². The van der Waals surface area contributed by atoms with Crippen LogP contribution in [0.4, 0.5) is 5.13 Å². The second-order valence-corrected chi connectivity index (χ2v) is 6.89. The number of nitrogens with one attached hydrogen (secondary N) is 1. The van der Waals surface area contributed by atoms with Crippen molar-refractivity contribution in [2.24, 2.45) is 0 Å². The number of para-hydroxylation sites is 1. The highest BCUT2D eigenvalue weighted by Crippen LogP contribution is 2.27. The fraction of sp³-hybridized carbons (Fsp3) is 0.0556. The maximum Gasteiger partial charge on any atom is 0.268 e. The van der Waals surface area contributed by atoms with Crippen LogP contribution in [-0.2, 0) is 4.79 Å². The van der Waals surface area contributed by atoms with E-state index in [-0.39, 0.29) is 5.57 Å². The lowest BCUT2D eigenvalue weighted by atomic mass is 10.1. The smallest absolute Gasteiger partial charge is 0.268 e. The first kappa shape index (κ1) is 17.1. The number of carbonyl (C=O) groups is 1. The monoisotopic (exact) mass is 413 g/mol. The number of nitrogens with zero attached hydrogens (tertiary/aromatic N) is 2. The molecule has 1 aromatic heterocycles. The summed E-state index contributed by atoms with van der Waals surface area (Å²) in [5.74, 6) is 0.183. The van der Waals surface area contributed by atoms with E-state index in [1.807, 2.05) is 30.3 Å². The molecule has 124 valence electrons. The van der Waals surface area contributed by atoms with Gasteiger partial charge in [0.05, 0.1) is 21.8 Å². The summed E-state index contributed by atoms with van der Waals surface area (Å²) in [6.07, 6.45) is 1.52. The van der Waals surface area contributed by atoms with Gasteiger partial charge in [0.2, 0.25) is 0 Å². The summed E-state index contributed by atoms with van der Waals surface area (Å²) in [7, 11) is 1.57. The Morgan fingerprint density at radius 1 is 1.36 bits per heavy atom. The number of anilines is 1. The zero-order valence-corrected chi connectivity index (χ0v) is 15.5. The number of halogens is 1. The van der Waals surface area contributed by atoms with Gasteiger partial charge in [-0.3, -0.25) is 10.1 Å². The van der Waals surface area contributed by atoms with E-state index in [0.717, 1.165) is 14.7 Å². The number of thiazole rings is 1. The van der Waals surface area contributed by atoms with Gasteiger partial charge in [0, 0.05) is 0 Å². The molecule has 0 bridgehead atoms. The Balaban J connectivity index is 1.83. The Kier molecular flexibility index (Phi) is 5.12. The van der Waals surface area contributed by atoms with Crippen LogP contribution >= 0.6 is 27.3 Å². The van der Waals surface area contributed by atoms with Gasteiger partial charge in [0.1, 0.15) is 17.4 Å². The van der Waals surface area contributed by atoms with Crippen LogP contribution in [0.1, 0.15) is 5.56 Å². The van der Waals surface area contributed by atoms with Crippen LogP contribution in [0.2, 0.25) is 0 Å². The van der Waals surface area contributed by atoms with Crippen LogP contribution in [0.5, 0.6) is 5.75 Å². The summed E-state index contributed by atoms with van der Waals surface area (Å²) >= 11 is 4.75. The van der Waals surface area contributed by atoms with Crippen molar-refractivity contribution in [2.75, 3.05) is 12.4 Å². The van der Waals surface area contributed by atoms with E-state index in [4.69, 9.17) is 4.74 Å². The van der Waals surface area contributed by atoms with Crippen molar-refractivity contribution in [3.8, 4) is 11.8 Å². The number of carbonyl (C=O) groups excluding carboxylic acids is 1. The Hall–Kier alpha value is -2.69. The summed E-state index contributed by atoms with van der Waals surface area (Å²) in [5, 5.41) is 12.5. The molecule has 3 aromatic rings. The number of amides is 1. The van der Waals surface area contributed by atoms with E-state index in [1.165, 1.54) is 17.4 Å². The third-order valence-corrected chi connectivity index (χ3v) is 4.94. The lowest BCUT2D eigenvalue weighted by molar-refractivity contribution is -0.112. The fourth-order valence-corrected chi connectivity index (χ4v) is 3.60. The molecule has 0 aliphatic heterocycles. The number of hydrogen-bond donors (Lipinski definition) is 1. The van der Waals surface area contributed by atoms with Crippen molar-refractivity contribution in [3.05, 3.63) is 58.1 Å². The van der Waals surface area contributed by atoms with E-state index in [1.54, 1.807) is 25.3 Å². The zero-order chi connectivity index (χ0) is 17.8. The number of aromatic nitrogens is 1. The Morgan fingerprint density at radius 3 is 2.84 bits per heavy atom. The molecule has 0 aliphatic carbocycles. The largest absolute Gasteiger partial charge is 0.496 e. The highest BCUT2D eigenvalue weighted by Gasteiger charge is 2.13. The van der Waals surface area contributed by atoms with Crippen LogP contribution in [0, 0.1) is 11.3 Å². The highest BCUT2D eigenvalue weighted by atomic mass is 79.9. The third kappa shape index (κ3) is 3.87. The van der Waals surface area contributed by atoms with Crippen molar-refractivity contribution in [1.82, 2.24) is 4.98 Å². The molecule has 0 aliphatic rings. The molecule has 3 rings (SSSR count). The minimum absolute atomic E-state index is 0.00340. The first-order valence-electron chi connectivity index (χ1n) is 7.23. The van der Waals surface area contributed by atoms with E-state index in [2.05, 4.69) is 26.2 Å². The van der Waals surface area contributed by atoms with Crippen molar-refractivity contribution in [2.45, 2.75) is 0 Å². The molecule has 0 saturated heterocycles. The average Bonchev–Trinajstić information content (AvgIpc) is 3.01. The van der Waals surface area contributed by atoms with E-state index in [9.17, 15) is 10.1 Å². The van der Waals surface area contributed by atoms with Crippen molar-refractivity contribution in [1.29, 1.82) is 5.26 Å². The zero-order valence-electron chi connectivity index (χ0n) is 13.1. The summed E-state index contributed by atoms with van der Waals surface area (Å²) in [5.41, 5.74) is 1.52. The van der Waals surface area contributed by atoms with Crippen LogP contribution in [0.15, 0.2) is 52.5 Å². The first-order chi connectivity index (χ1) is 12.1. The van der Waals surface area contributed by atoms with Gasteiger partial charge in [0.25, 0.3) is 5.91 Å². The number of nitriles is 1. The summed E-state index contributed by atoms with van der Waals surface area (Å²) < 4.78 is 6.88.